The minimum absolute atomic E-state index is 0.583. The Kier molecular flexibility index (Phi) is 2.77. The molecule has 3 heteroatoms. The molecular weight excluding hydrogens is 234 g/mol. The van der Waals surface area contributed by atoms with Crippen molar-refractivity contribution in [3.8, 4) is 0 Å². The van der Waals surface area contributed by atoms with Crippen molar-refractivity contribution in [2.75, 3.05) is 7.11 Å². The van der Waals surface area contributed by atoms with Gasteiger partial charge in [0, 0.05) is 23.8 Å². The molecule has 0 amide bonds. The molecule has 0 saturated carbocycles. The summed E-state index contributed by atoms with van der Waals surface area (Å²) in [6, 6.07) is 6.12. The minimum atomic E-state index is 0.583. The van der Waals surface area contributed by atoms with E-state index >= 15 is 0 Å². The Morgan fingerprint density at radius 3 is 3.06 bits per heavy atom. The summed E-state index contributed by atoms with van der Waals surface area (Å²) in [5, 5.41) is 1.95. The van der Waals surface area contributed by atoms with E-state index < -0.39 is 0 Å². The van der Waals surface area contributed by atoms with Gasteiger partial charge in [0.2, 0.25) is 0 Å². The van der Waals surface area contributed by atoms with Crippen LogP contribution in [0, 0.1) is 0 Å². The first-order valence-electron chi connectivity index (χ1n) is 5.89. The molecule has 3 rings (SSSR count). The predicted molar refractivity (Wildman–Crippen MR) is 69.5 cm³/mol. The number of fused-ring (bicyclic) bond motifs is 2. The molecule has 0 N–H and O–H groups in total. The van der Waals surface area contributed by atoms with Crippen molar-refractivity contribution < 1.29 is 4.74 Å². The number of hydrogen-bond donors (Lipinski definition) is 0. The van der Waals surface area contributed by atoms with Gasteiger partial charge in [-0.25, -0.2) is 0 Å². The first kappa shape index (κ1) is 11.0. The van der Waals surface area contributed by atoms with E-state index in [1.54, 1.807) is 7.11 Å². The fourth-order valence-corrected chi connectivity index (χ4v) is 2.91. The first-order valence-corrected chi connectivity index (χ1v) is 6.27. The zero-order valence-electron chi connectivity index (χ0n) is 9.79. The number of para-hydroxylation sites is 1. The zero-order chi connectivity index (χ0) is 11.8. The minimum Gasteiger partial charge on any atom is -0.380 e. The van der Waals surface area contributed by atoms with Gasteiger partial charge in [-0.2, -0.15) is 0 Å². The van der Waals surface area contributed by atoms with Gasteiger partial charge in [-0.15, -0.1) is 0 Å². The van der Waals surface area contributed by atoms with Crippen molar-refractivity contribution >= 4 is 22.5 Å². The van der Waals surface area contributed by atoms with E-state index in [9.17, 15) is 0 Å². The van der Waals surface area contributed by atoms with Crippen LogP contribution in [0.1, 0.15) is 23.2 Å². The highest BCUT2D eigenvalue weighted by Crippen LogP contribution is 2.34. The van der Waals surface area contributed by atoms with Crippen molar-refractivity contribution in [2.45, 2.75) is 25.9 Å². The van der Waals surface area contributed by atoms with Crippen LogP contribution in [-0.4, -0.2) is 12.1 Å². The lowest BCUT2D eigenvalue weighted by Crippen LogP contribution is -1.97. The van der Waals surface area contributed by atoms with Crippen LogP contribution >= 0.6 is 11.6 Å². The molecule has 0 bridgehead atoms. The van der Waals surface area contributed by atoms with E-state index in [0.717, 1.165) is 40.8 Å². The van der Waals surface area contributed by atoms with Crippen molar-refractivity contribution in [2.24, 2.45) is 0 Å². The third-order valence-electron chi connectivity index (χ3n) is 3.36. The third-order valence-corrected chi connectivity index (χ3v) is 3.79. The van der Waals surface area contributed by atoms with Crippen LogP contribution in [0.15, 0.2) is 18.2 Å². The molecule has 88 valence electrons. The molecular formula is C14H14ClNO. The summed E-state index contributed by atoms with van der Waals surface area (Å²) < 4.78 is 5.21. The molecule has 17 heavy (non-hydrogen) atoms. The number of nitrogens with zero attached hydrogens (tertiary/aromatic N) is 1. The standard InChI is InChI=1S/C14H14ClNO/c1-17-8-9-4-2-6-11-13(15)10-5-3-7-12(10)16-14(9)11/h2,4,6H,3,5,7-8H2,1H3. The number of aromatic nitrogens is 1. The van der Waals surface area contributed by atoms with Crippen molar-refractivity contribution in [3.63, 3.8) is 0 Å². The second-order valence-electron chi connectivity index (χ2n) is 4.45. The van der Waals surface area contributed by atoms with Crippen LogP contribution in [-0.2, 0) is 24.2 Å². The lowest BCUT2D eigenvalue weighted by Gasteiger charge is -2.10. The maximum atomic E-state index is 6.48. The van der Waals surface area contributed by atoms with E-state index in [4.69, 9.17) is 21.3 Å². The van der Waals surface area contributed by atoms with Gasteiger partial charge in [-0.05, 0) is 24.8 Å². The van der Waals surface area contributed by atoms with E-state index in [2.05, 4.69) is 6.07 Å². The van der Waals surface area contributed by atoms with Gasteiger partial charge in [0.15, 0.2) is 0 Å². The van der Waals surface area contributed by atoms with Crippen LogP contribution in [0.5, 0.6) is 0 Å². The molecule has 1 aromatic heterocycles. The third kappa shape index (κ3) is 1.72. The molecule has 0 aliphatic heterocycles. The number of methoxy groups -OCH3 is 1. The fraction of sp³-hybridized carbons (Fsp3) is 0.357. The molecule has 1 aliphatic rings. The van der Waals surface area contributed by atoms with E-state index in [1.165, 1.54) is 11.3 Å². The monoisotopic (exact) mass is 247 g/mol. The van der Waals surface area contributed by atoms with Gasteiger partial charge in [-0.1, -0.05) is 29.8 Å². The van der Waals surface area contributed by atoms with Crippen molar-refractivity contribution in [1.82, 2.24) is 4.98 Å². The molecule has 2 nitrogen and oxygen atoms in total. The molecule has 0 unspecified atom stereocenters. The van der Waals surface area contributed by atoms with E-state index in [1.807, 2.05) is 12.1 Å². The summed E-state index contributed by atoms with van der Waals surface area (Å²) in [4.78, 5) is 4.77. The molecule has 0 saturated heterocycles. The van der Waals surface area contributed by atoms with Gasteiger partial charge >= 0.3 is 0 Å². The summed E-state index contributed by atoms with van der Waals surface area (Å²) in [7, 11) is 1.70. The number of ether oxygens (including phenoxy) is 1. The van der Waals surface area contributed by atoms with Gasteiger partial charge < -0.3 is 4.74 Å². The number of benzene rings is 1. The zero-order valence-corrected chi connectivity index (χ0v) is 10.5. The SMILES string of the molecule is COCc1cccc2c(Cl)c3c(nc12)CCC3. The Balaban J connectivity index is 2.31. The fourth-order valence-electron chi connectivity index (χ4n) is 2.56. The molecule has 0 atom stereocenters. The van der Waals surface area contributed by atoms with Crippen molar-refractivity contribution in [1.29, 1.82) is 0 Å². The van der Waals surface area contributed by atoms with Gasteiger partial charge in [0.25, 0.3) is 0 Å². The molecule has 1 aliphatic carbocycles. The predicted octanol–water partition coefficient (Wildman–Crippen LogP) is 3.52. The van der Waals surface area contributed by atoms with Crippen LogP contribution < -0.4 is 0 Å². The van der Waals surface area contributed by atoms with Crippen LogP contribution in [0.3, 0.4) is 0 Å². The van der Waals surface area contributed by atoms with Crippen LogP contribution in [0.2, 0.25) is 5.02 Å². The second-order valence-corrected chi connectivity index (χ2v) is 4.83. The van der Waals surface area contributed by atoms with Gasteiger partial charge in [0.1, 0.15) is 0 Å². The average Bonchev–Trinajstić information content (AvgIpc) is 2.79. The second kappa shape index (κ2) is 4.28. The maximum absolute atomic E-state index is 6.48. The Bertz CT molecular complexity index is 580. The molecule has 0 radical (unpaired) electrons. The van der Waals surface area contributed by atoms with E-state index in [-0.39, 0.29) is 0 Å². The Morgan fingerprint density at radius 2 is 2.24 bits per heavy atom. The van der Waals surface area contributed by atoms with E-state index in [0.29, 0.717) is 6.61 Å². The number of halogens is 1. The highest BCUT2D eigenvalue weighted by molar-refractivity contribution is 6.36. The Morgan fingerprint density at radius 1 is 1.35 bits per heavy atom. The number of pyridine rings is 1. The summed E-state index contributed by atoms with van der Waals surface area (Å²) in [5.74, 6) is 0. The summed E-state index contributed by atoms with van der Waals surface area (Å²) >= 11 is 6.48. The highest BCUT2D eigenvalue weighted by atomic mass is 35.5. The Labute approximate surface area is 106 Å². The first-order chi connectivity index (χ1) is 8.31. The Hall–Kier alpha value is -1.12. The van der Waals surface area contributed by atoms with Crippen LogP contribution in [0.4, 0.5) is 0 Å². The topological polar surface area (TPSA) is 22.1 Å². The number of rotatable bonds is 2. The molecule has 1 aromatic carbocycles. The largest absolute Gasteiger partial charge is 0.380 e. The quantitative estimate of drug-likeness (QED) is 0.810. The number of hydrogen-bond acceptors (Lipinski definition) is 2. The lowest BCUT2D eigenvalue weighted by atomic mass is 10.1. The van der Waals surface area contributed by atoms with Crippen molar-refractivity contribution in [3.05, 3.63) is 40.0 Å². The van der Waals surface area contributed by atoms with Crippen LogP contribution in [0.25, 0.3) is 10.9 Å². The lowest BCUT2D eigenvalue weighted by molar-refractivity contribution is 0.186. The summed E-state index contributed by atoms with van der Waals surface area (Å²) in [6.45, 7) is 0.583. The number of aryl methyl sites for hydroxylation is 1. The smallest absolute Gasteiger partial charge is 0.0775 e. The average molecular weight is 248 g/mol. The molecule has 2 aromatic rings. The summed E-state index contributed by atoms with van der Waals surface area (Å²) in [6.07, 6.45) is 3.27. The molecule has 1 heterocycles. The normalized spacial score (nSPS) is 14.2. The molecule has 0 fully saturated rings. The summed E-state index contributed by atoms with van der Waals surface area (Å²) in [5.41, 5.74) is 4.53. The highest BCUT2D eigenvalue weighted by Gasteiger charge is 2.19. The van der Waals surface area contributed by atoms with Gasteiger partial charge in [0.05, 0.1) is 17.1 Å². The maximum Gasteiger partial charge on any atom is 0.0775 e. The molecule has 0 spiro atoms. The van der Waals surface area contributed by atoms with Gasteiger partial charge in [-0.3, -0.25) is 4.98 Å².